The van der Waals surface area contributed by atoms with Crippen molar-refractivity contribution in [3.63, 3.8) is 0 Å². The standard InChI is InChI=1S/C17H24F2N6.HI/c1-4-16-24-22-11-25(16)9-8-21-17(20-5-2)23-12(3)14-7-6-13(18)10-15(14)19;/h6-7,10-12H,4-5,8-9H2,1-3H3,(H2,20,21,23);1H. The smallest absolute Gasteiger partial charge is 0.191 e. The third-order valence-electron chi connectivity index (χ3n) is 3.75. The summed E-state index contributed by atoms with van der Waals surface area (Å²) < 4.78 is 28.9. The van der Waals surface area contributed by atoms with Crippen LogP contribution in [0.15, 0.2) is 29.5 Å². The van der Waals surface area contributed by atoms with Gasteiger partial charge in [-0.1, -0.05) is 13.0 Å². The quantitative estimate of drug-likeness (QED) is 0.365. The fourth-order valence-corrected chi connectivity index (χ4v) is 2.46. The minimum Gasteiger partial charge on any atom is -0.357 e. The molecule has 6 nitrogen and oxygen atoms in total. The van der Waals surface area contributed by atoms with Crippen LogP contribution in [0, 0.1) is 11.6 Å². The van der Waals surface area contributed by atoms with Crippen LogP contribution < -0.4 is 10.6 Å². The second-order valence-electron chi connectivity index (χ2n) is 5.59. The minimum absolute atomic E-state index is 0. The average Bonchev–Trinajstić information content (AvgIpc) is 3.02. The molecule has 144 valence electrons. The predicted molar refractivity (Wildman–Crippen MR) is 109 cm³/mol. The van der Waals surface area contributed by atoms with Crippen LogP contribution in [-0.4, -0.2) is 33.8 Å². The number of benzene rings is 1. The van der Waals surface area contributed by atoms with Gasteiger partial charge in [0, 0.05) is 31.1 Å². The Hall–Kier alpha value is -1.78. The lowest BCUT2D eigenvalue weighted by Gasteiger charge is -2.18. The zero-order chi connectivity index (χ0) is 18.2. The second kappa shape index (κ2) is 11.0. The van der Waals surface area contributed by atoms with Crippen molar-refractivity contribution in [3.05, 3.63) is 47.5 Å². The van der Waals surface area contributed by atoms with Gasteiger partial charge in [-0.2, -0.15) is 0 Å². The molecule has 0 aliphatic carbocycles. The molecule has 0 spiro atoms. The lowest BCUT2D eigenvalue weighted by atomic mass is 10.1. The highest BCUT2D eigenvalue weighted by Gasteiger charge is 2.13. The number of nitrogens with one attached hydrogen (secondary N) is 2. The molecular formula is C17H25F2IN6. The fraction of sp³-hybridized carbons (Fsp3) is 0.471. The van der Waals surface area contributed by atoms with Crippen LogP contribution in [-0.2, 0) is 13.0 Å². The van der Waals surface area contributed by atoms with E-state index >= 15 is 0 Å². The van der Waals surface area contributed by atoms with Crippen molar-refractivity contribution < 1.29 is 8.78 Å². The number of aryl methyl sites for hydroxylation is 1. The van der Waals surface area contributed by atoms with Crippen LogP contribution in [0.5, 0.6) is 0 Å². The van der Waals surface area contributed by atoms with Crippen LogP contribution in [0.25, 0.3) is 0 Å². The Labute approximate surface area is 169 Å². The number of halogens is 3. The summed E-state index contributed by atoms with van der Waals surface area (Å²) in [4.78, 5) is 4.50. The van der Waals surface area contributed by atoms with E-state index in [0.717, 1.165) is 18.3 Å². The van der Waals surface area contributed by atoms with Crippen molar-refractivity contribution in [3.8, 4) is 0 Å². The summed E-state index contributed by atoms with van der Waals surface area (Å²) in [5.74, 6) is 0.322. The molecule has 0 saturated heterocycles. The number of nitrogens with zero attached hydrogens (tertiary/aromatic N) is 4. The second-order valence-corrected chi connectivity index (χ2v) is 5.59. The van der Waals surface area contributed by atoms with E-state index in [-0.39, 0.29) is 30.0 Å². The molecule has 1 atom stereocenters. The Kier molecular flexibility index (Phi) is 9.46. The van der Waals surface area contributed by atoms with Gasteiger partial charge in [-0.05, 0) is 19.9 Å². The number of rotatable bonds is 7. The number of hydrogen-bond donors (Lipinski definition) is 2. The summed E-state index contributed by atoms with van der Waals surface area (Å²) in [5.41, 5.74) is 0.388. The average molecular weight is 478 g/mol. The van der Waals surface area contributed by atoms with Gasteiger partial charge in [0.05, 0.1) is 12.6 Å². The Morgan fingerprint density at radius 1 is 1.31 bits per heavy atom. The van der Waals surface area contributed by atoms with E-state index in [4.69, 9.17) is 0 Å². The first-order chi connectivity index (χ1) is 12.0. The molecule has 0 fully saturated rings. The summed E-state index contributed by atoms with van der Waals surface area (Å²) in [6.45, 7) is 7.64. The molecule has 2 rings (SSSR count). The maximum atomic E-state index is 13.9. The van der Waals surface area contributed by atoms with Crippen molar-refractivity contribution in [1.29, 1.82) is 0 Å². The summed E-state index contributed by atoms with van der Waals surface area (Å²) >= 11 is 0. The molecule has 1 aromatic carbocycles. The molecule has 9 heteroatoms. The molecule has 2 N–H and O–H groups in total. The van der Waals surface area contributed by atoms with Gasteiger partial charge in [-0.3, -0.25) is 4.99 Å². The molecule has 0 aliphatic heterocycles. The molecule has 2 aromatic rings. The first-order valence-corrected chi connectivity index (χ1v) is 8.41. The Bertz CT molecular complexity index is 719. The third-order valence-corrected chi connectivity index (χ3v) is 3.75. The number of hydrogen-bond acceptors (Lipinski definition) is 3. The maximum absolute atomic E-state index is 13.9. The lowest BCUT2D eigenvalue weighted by molar-refractivity contribution is 0.550. The molecule has 0 aliphatic rings. The van der Waals surface area contributed by atoms with Crippen LogP contribution in [0.3, 0.4) is 0 Å². The van der Waals surface area contributed by atoms with Crippen LogP contribution in [0.4, 0.5) is 8.78 Å². The topological polar surface area (TPSA) is 67.1 Å². The van der Waals surface area contributed by atoms with E-state index in [1.807, 2.05) is 18.4 Å². The summed E-state index contributed by atoms with van der Waals surface area (Å²) in [6.07, 6.45) is 2.49. The van der Waals surface area contributed by atoms with Gasteiger partial charge in [0.1, 0.15) is 23.8 Å². The number of guanidine groups is 1. The maximum Gasteiger partial charge on any atom is 0.191 e. The van der Waals surface area contributed by atoms with Crippen LogP contribution in [0.2, 0.25) is 0 Å². The van der Waals surface area contributed by atoms with Crippen molar-refractivity contribution in [2.75, 3.05) is 13.1 Å². The van der Waals surface area contributed by atoms with Crippen molar-refractivity contribution >= 4 is 29.9 Å². The van der Waals surface area contributed by atoms with Gasteiger partial charge in [0.15, 0.2) is 5.96 Å². The summed E-state index contributed by atoms with van der Waals surface area (Å²) in [7, 11) is 0. The third kappa shape index (κ3) is 6.19. The molecule has 0 saturated carbocycles. The molecule has 1 unspecified atom stereocenters. The van der Waals surface area contributed by atoms with Crippen molar-refractivity contribution in [2.24, 2.45) is 4.99 Å². The highest BCUT2D eigenvalue weighted by molar-refractivity contribution is 14.0. The normalized spacial score (nSPS) is 12.4. The van der Waals surface area contributed by atoms with E-state index in [2.05, 4.69) is 25.8 Å². The van der Waals surface area contributed by atoms with Gasteiger partial charge >= 0.3 is 0 Å². The molecule has 1 heterocycles. The molecule has 1 aromatic heterocycles. The van der Waals surface area contributed by atoms with E-state index in [9.17, 15) is 8.78 Å². The molecule has 0 bridgehead atoms. The molecule has 26 heavy (non-hydrogen) atoms. The predicted octanol–water partition coefficient (Wildman–Crippen LogP) is 3.05. The Balaban J connectivity index is 0.00000338. The van der Waals surface area contributed by atoms with Gasteiger partial charge in [-0.15, -0.1) is 34.2 Å². The van der Waals surface area contributed by atoms with Gasteiger partial charge in [-0.25, -0.2) is 8.78 Å². The largest absolute Gasteiger partial charge is 0.357 e. The van der Waals surface area contributed by atoms with E-state index in [1.54, 1.807) is 13.3 Å². The van der Waals surface area contributed by atoms with Crippen molar-refractivity contribution in [1.82, 2.24) is 25.4 Å². The number of aliphatic imine (C=N–C) groups is 1. The van der Waals surface area contributed by atoms with E-state index in [0.29, 0.717) is 31.2 Å². The van der Waals surface area contributed by atoms with E-state index < -0.39 is 11.6 Å². The highest BCUT2D eigenvalue weighted by Crippen LogP contribution is 2.17. The zero-order valence-electron chi connectivity index (χ0n) is 15.2. The molecular weight excluding hydrogens is 453 g/mol. The SMILES string of the molecule is CCNC(=NCCn1cnnc1CC)NC(C)c1ccc(F)cc1F.I. The first-order valence-electron chi connectivity index (χ1n) is 8.41. The summed E-state index contributed by atoms with van der Waals surface area (Å²) in [6, 6.07) is 3.23. The van der Waals surface area contributed by atoms with Crippen molar-refractivity contribution in [2.45, 2.75) is 39.8 Å². The Morgan fingerprint density at radius 2 is 2.08 bits per heavy atom. The van der Waals surface area contributed by atoms with Crippen LogP contribution >= 0.6 is 24.0 Å². The Morgan fingerprint density at radius 3 is 2.73 bits per heavy atom. The molecule has 0 amide bonds. The first kappa shape index (κ1) is 22.3. The van der Waals surface area contributed by atoms with Gasteiger partial charge in [0.2, 0.25) is 0 Å². The van der Waals surface area contributed by atoms with Crippen LogP contribution in [0.1, 0.15) is 38.2 Å². The zero-order valence-corrected chi connectivity index (χ0v) is 17.5. The van der Waals surface area contributed by atoms with Gasteiger partial charge < -0.3 is 15.2 Å². The lowest BCUT2D eigenvalue weighted by Crippen LogP contribution is -2.39. The highest BCUT2D eigenvalue weighted by atomic mass is 127. The fourth-order valence-electron chi connectivity index (χ4n) is 2.46. The minimum atomic E-state index is -0.588. The monoisotopic (exact) mass is 478 g/mol. The summed E-state index contributed by atoms with van der Waals surface area (Å²) in [5, 5.41) is 14.2. The molecule has 0 radical (unpaired) electrons. The van der Waals surface area contributed by atoms with Gasteiger partial charge in [0.25, 0.3) is 0 Å². The number of aromatic nitrogens is 3. The van der Waals surface area contributed by atoms with E-state index in [1.165, 1.54) is 12.1 Å².